The standard InChI is InChI=1S/C14H18N4O/c1-10-8-12(11-6-4-3-5-7-11)18-14(15-10)16-13(17-18)9-19-2/h3-7,10,12H,8-9H2,1-2H3,(H,15,16,17). The summed E-state index contributed by atoms with van der Waals surface area (Å²) in [4.78, 5) is 4.48. The molecule has 0 spiro atoms. The van der Waals surface area contributed by atoms with Crippen molar-refractivity contribution in [2.24, 2.45) is 0 Å². The maximum Gasteiger partial charge on any atom is 0.222 e. The molecular formula is C14H18N4O. The van der Waals surface area contributed by atoms with Crippen LogP contribution in [0.3, 0.4) is 0 Å². The van der Waals surface area contributed by atoms with Crippen molar-refractivity contribution in [3.05, 3.63) is 41.7 Å². The van der Waals surface area contributed by atoms with E-state index in [1.165, 1.54) is 5.56 Å². The molecule has 0 saturated heterocycles. The smallest absolute Gasteiger partial charge is 0.222 e. The van der Waals surface area contributed by atoms with E-state index in [4.69, 9.17) is 4.74 Å². The van der Waals surface area contributed by atoms with Gasteiger partial charge in [0.15, 0.2) is 5.82 Å². The van der Waals surface area contributed by atoms with Crippen molar-refractivity contribution in [2.75, 3.05) is 12.4 Å². The topological polar surface area (TPSA) is 52.0 Å². The Labute approximate surface area is 112 Å². The molecule has 1 aromatic heterocycles. The van der Waals surface area contributed by atoms with E-state index in [1.807, 2.05) is 10.7 Å². The van der Waals surface area contributed by atoms with E-state index < -0.39 is 0 Å². The van der Waals surface area contributed by atoms with Crippen LogP contribution in [0.15, 0.2) is 30.3 Å². The number of nitrogens with zero attached hydrogens (tertiary/aromatic N) is 3. The molecule has 5 nitrogen and oxygen atoms in total. The minimum absolute atomic E-state index is 0.241. The monoisotopic (exact) mass is 258 g/mol. The fourth-order valence-electron chi connectivity index (χ4n) is 2.54. The Morgan fingerprint density at radius 3 is 2.89 bits per heavy atom. The molecule has 0 fully saturated rings. The first-order valence-electron chi connectivity index (χ1n) is 6.53. The second kappa shape index (κ2) is 5.01. The van der Waals surface area contributed by atoms with E-state index in [1.54, 1.807) is 7.11 Å². The minimum atomic E-state index is 0.241. The van der Waals surface area contributed by atoms with Crippen LogP contribution in [0.4, 0.5) is 5.95 Å². The normalized spacial score (nSPS) is 21.8. The zero-order valence-corrected chi connectivity index (χ0v) is 11.2. The molecular weight excluding hydrogens is 240 g/mol. The Hall–Kier alpha value is -1.88. The van der Waals surface area contributed by atoms with Crippen LogP contribution >= 0.6 is 0 Å². The molecule has 3 rings (SSSR count). The highest BCUT2D eigenvalue weighted by Gasteiger charge is 2.27. The van der Waals surface area contributed by atoms with Crippen molar-refractivity contribution in [3.8, 4) is 0 Å². The minimum Gasteiger partial charge on any atom is -0.377 e. The number of benzene rings is 1. The van der Waals surface area contributed by atoms with Gasteiger partial charge in [-0.15, -0.1) is 0 Å². The van der Waals surface area contributed by atoms with Gasteiger partial charge in [0.2, 0.25) is 5.95 Å². The molecule has 2 aromatic rings. The van der Waals surface area contributed by atoms with Gasteiger partial charge >= 0.3 is 0 Å². The highest BCUT2D eigenvalue weighted by molar-refractivity contribution is 5.34. The fourth-order valence-corrected chi connectivity index (χ4v) is 2.54. The number of rotatable bonds is 3. The number of methoxy groups -OCH3 is 1. The van der Waals surface area contributed by atoms with Crippen LogP contribution in [-0.4, -0.2) is 27.9 Å². The number of aromatic nitrogens is 3. The molecule has 1 aliphatic rings. The van der Waals surface area contributed by atoms with Crippen LogP contribution in [0.5, 0.6) is 0 Å². The molecule has 2 heterocycles. The molecule has 1 aromatic carbocycles. The lowest BCUT2D eigenvalue weighted by Gasteiger charge is -2.29. The molecule has 2 atom stereocenters. The zero-order valence-electron chi connectivity index (χ0n) is 11.2. The Morgan fingerprint density at radius 1 is 1.37 bits per heavy atom. The second-order valence-electron chi connectivity index (χ2n) is 4.94. The summed E-state index contributed by atoms with van der Waals surface area (Å²) < 4.78 is 7.08. The van der Waals surface area contributed by atoms with Gasteiger partial charge in [-0.1, -0.05) is 30.3 Å². The predicted molar refractivity (Wildman–Crippen MR) is 73.0 cm³/mol. The molecule has 0 bridgehead atoms. The molecule has 0 saturated carbocycles. The van der Waals surface area contributed by atoms with Gasteiger partial charge in [-0.05, 0) is 18.9 Å². The fraction of sp³-hybridized carbons (Fsp3) is 0.429. The van der Waals surface area contributed by atoms with Crippen molar-refractivity contribution in [1.29, 1.82) is 0 Å². The second-order valence-corrected chi connectivity index (χ2v) is 4.94. The van der Waals surface area contributed by atoms with Gasteiger partial charge in [0.25, 0.3) is 0 Å². The number of hydrogen-bond donors (Lipinski definition) is 1. The highest BCUT2D eigenvalue weighted by atomic mass is 16.5. The van der Waals surface area contributed by atoms with Gasteiger partial charge in [0.1, 0.15) is 6.61 Å². The number of fused-ring (bicyclic) bond motifs is 1. The van der Waals surface area contributed by atoms with Gasteiger partial charge in [-0.2, -0.15) is 10.1 Å². The highest BCUT2D eigenvalue weighted by Crippen LogP contribution is 2.30. The van der Waals surface area contributed by atoms with Crippen molar-refractivity contribution in [2.45, 2.75) is 32.0 Å². The largest absolute Gasteiger partial charge is 0.377 e. The van der Waals surface area contributed by atoms with Crippen molar-refractivity contribution in [3.63, 3.8) is 0 Å². The number of nitrogens with one attached hydrogen (secondary N) is 1. The van der Waals surface area contributed by atoms with Gasteiger partial charge in [0, 0.05) is 13.2 Å². The average molecular weight is 258 g/mol. The summed E-state index contributed by atoms with van der Waals surface area (Å²) in [6, 6.07) is 11.1. The van der Waals surface area contributed by atoms with Crippen LogP contribution in [0, 0.1) is 0 Å². The molecule has 100 valence electrons. The molecule has 1 N–H and O–H groups in total. The summed E-state index contributed by atoms with van der Waals surface area (Å²) >= 11 is 0. The van der Waals surface area contributed by atoms with Crippen molar-refractivity contribution < 1.29 is 4.74 Å². The summed E-state index contributed by atoms with van der Waals surface area (Å²) in [7, 11) is 1.66. The van der Waals surface area contributed by atoms with Crippen LogP contribution in [0.1, 0.15) is 30.8 Å². The molecule has 0 aliphatic carbocycles. The van der Waals surface area contributed by atoms with E-state index in [9.17, 15) is 0 Å². The van der Waals surface area contributed by atoms with Crippen molar-refractivity contribution >= 4 is 5.95 Å². The lowest BCUT2D eigenvalue weighted by molar-refractivity contribution is 0.177. The molecule has 0 amide bonds. The third kappa shape index (κ3) is 2.33. The predicted octanol–water partition coefficient (Wildman–Crippen LogP) is 2.22. The molecule has 2 unspecified atom stereocenters. The van der Waals surface area contributed by atoms with E-state index >= 15 is 0 Å². The number of ether oxygens (including phenoxy) is 1. The van der Waals surface area contributed by atoms with Gasteiger partial charge in [-0.3, -0.25) is 0 Å². The third-order valence-electron chi connectivity index (χ3n) is 3.38. The van der Waals surface area contributed by atoms with E-state index in [2.05, 4.69) is 46.6 Å². The summed E-state index contributed by atoms with van der Waals surface area (Å²) in [5.41, 5.74) is 1.27. The Bertz CT molecular complexity index is 552. The first-order chi connectivity index (χ1) is 9.28. The van der Waals surface area contributed by atoms with Crippen molar-refractivity contribution in [1.82, 2.24) is 14.8 Å². The maximum absolute atomic E-state index is 5.11. The van der Waals surface area contributed by atoms with Gasteiger partial charge < -0.3 is 10.1 Å². The lowest BCUT2D eigenvalue weighted by atomic mass is 9.99. The summed E-state index contributed by atoms with van der Waals surface area (Å²) in [6.07, 6.45) is 1.01. The quantitative estimate of drug-likeness (QED) is 0.917. The third-order valence-corrected chi connectivity index (χ3v) is 3.38. The first-order valence-corrected chi connectivity index (χ1v) is 6.53. The number of hydrogen-bond acceptors (Lipinski definition) is 4. The van der Waals surface area contributed by atoms with Crippen LogP contribution in [0.2, 0.25) is 0 Å². The Balaban J connectivity index is 1.99. The average Bonchev–Trinajstić information content (AvgIpc) is 2.81. The molecule has 1 aliphatic heterocycles. The number of anilines is 1. The SMILES string of the molecule is COCc1nc2n(n1)C(c1ccccc1)CC(C)N2. The van der Waals surface area contributed by atoms with E-state index in [-0.39, 0.29) is 6.04 Å². The van der Waals surface area contributed by atoms with Crippen LogP contribution in [-0.2, 0) is 11.3 Å². The maximum atomic E-state index is 5.11. The van der Waals surface area contributed by atoms with Gasteiger partial charge in [-0.25, -0.2) is 4.68 Å². The lowest BCUT2D eigenvalue weighted by Crippen LogP contribution is -2.31. The molecule has 19 heavy (non-hydrogen) atoms. The molecule has 5 heteroatoms. The Kier molecular flexibility index (Phi) is 3.21. The van der Waals surface area contributed by atoms with Gasteiger partial charge in [0.05, 0.1) is 6.04 Å². The summed E-state index contributed by atoms with van der Waals surface area (Å²) in [6.45, 7) is 2.61. The van der Waals surface area contributed by atoms with E-state index in [0.717, 1.165) is 18.2 Å². The van der Waals surface area contributed by atoms with Crippen LogP contribution in [0.25, 0.3) is 0 Å². The first kappa shape index (κ1) is 12.2. The van der Waals surface area contributed by atoms with Crippen LogP contribution < -0.4 is 5.32 Å². The molecule has 0 radical (unpaired) electrons. The zero-order chi connectivity index (χ0) is 13.2. The summed E-state index contributed by atoms with van der Waals surface area (Å²) in [5.74, 6) is 1.56. The Morgan fingerprint density at radius 2 is 2.16 bits per heavy atom. The van der Waals surface area contributed by atoms with E-state index in [0.29, 0.717) is 12.6 Å². The summed E-state index contributed by atoms with van der Waals surface area (Å²) in [5, 5.41) is 7.92.